The van der Waals surface area contributed by atoms with E-state index in [0.29, 0.717) is 11.1 Å². The van der Waals surface area contributed by atoms with Crippen LogP contribution in [0.5, 0.6) is 0 Å². The summed E-state index contributed by atoms with van der Waals surface area (Å²) in [6.07, 6.45) is 3.19. The van der Waals surface area contributed by atoms with Crippen molar-refractivity contribution in [2.75, 3.05) is 0 Å². The van der Waals surface area contributed by atoms with E-state index in [2.05, 4.69) is 15.1 Å². The van der Waals surface area contributed by atoms with Crippen molar-refractivity contribution in [2.45, 2.75) is 0 Å². The molecule has 0 radical (unpaired) electrons. The van der Waals surface area contributed by atoms with Crippen molar-refractivity contribution >= 4 is 0 Å². The number of aromatic nitrogens is 3. The van der Waals surface area contributed by atoms with E-state index in [1.165, 1.54) is 6.07 Å². The van der Waals surface area contributed by atoms with Gasteiger partial charge in [0.2, 0.25) is 5.82 Å². The van der Waals surface area contributed by atoms with Crippen LogP contribution in [0.3, 0.4) is 0 Å². The summed E-state index contributed by atoms with van der Waals surface area (Å²) in [7, 11) is 0. The molecule has 3 rings (SSSR count). The fourth-order valence-corrected chi connectivity index (χ4v) is 1.58. The smallest absolute Gasteiger partial charge is 0.259 e. The summed E-state index contributed by atoms with van der Waals surface area (Å²) < 4.78 is 31.0. The zero-order valence-electron chi connectivity index (χ0n) is 9.55. The van der Waals surface area contributed by atoms with Gasteiger partial charge in [-0.2, -0.15) is 4.98 Å². The van der Waals surface area contributed by atoms with Gasteiger partial charge in [-0.3, -0.25) is 4.98 Å². The Hall–Kier alpha value is -2.63. The van der Waals surface area contributed by atoms with Gasteiger partial charge in [-0.05, 0) is 30.3 Å². The Kier molecular flexibility index (Phi) is 2.75. The highest BCUT2D eigenvalue weighted by atomic mass is 19.2. The Balaban J connectivity index is 1.99. The molecule has 1 aromatic carbocycles. The van der Waals surface area contributed by atoms with E-state index in [1.54, 1.807) is 24.5 Å². The second-order valence-electron chi connectivity index (χ2n) is 3.79. The van der Waals surface area contributed by atoms with Gasteiger partial charge in [-0.1, -0.05) is 5.16 Å². The standard InChI is InChI=1S/C13H7F2N3O/c14-10-4-3-8(6-11(10)15)12-17-13(19-18-12)9-2-1-5-16-7-9/h1-7H. The normalized spacial score (nSPS) is 10.6. The lowest BCUT2D eigenvalue weighted by Gasteiger charge is -1.95. The van der Waals surface area contributed by atoms with Gasteiger partial charge in [0.25, 0.3) is 5.89 Å². The number of nitrogens with zero attached hydrogens (tertiary/aromatic N) is 3. The first-order valence-electron chi connectivity index (χ1n) is 5.43. The second kappa shape index (κ2) is 4.56. The predicted molar refractivity (Wildman–Crippen MR) is 62.9 cm³/mol. The number of benzene rings is 1. The zero-order valence-corrected chi connectivity index (χ0v) is 9.55. The lowest BCUT2D eigenvalue weighted by Crippen LogP contribution is -1.87. The van der Waals surface area contributed by atoms with Crippen molar-refractivity contribution in [1.29, 1.82) is 0 Å². The summed E-state index contributed by atoms with van der Waals surface area (Å²) in [5, 5.41) is 3.73. The second-order valence-corrected chi connectivity index (χ2v) is 3.79. The van der Waals surface area contributed by atoms with Crippen LogP contribution in [-0.4, -0.2) is 15.1 Å². The van der Waals surface area contributed by atoms with Gasteiger partial charge in [0.1, 0.15) is 0 Å². The minimum Gasteiger partial charge on any atom is -0.334 e. The fourth-order valence-electron chi connectivity index (χ4n) is 1.58. The highest BCUT2D eigenvalue weighted by Gasteiger charge is 2.12. The maximum Gasteiger partial charge on any atom is 0.259 e. The Morgan fingerprint density at radius 1 is 1.00 bits per heavy atom. The van der Waals surface area contributed by atoms with Crippen LogP contribution >= 0.6 is 0 Å². The van der Waals surface area contributed by atoms with E-state index in [1.807, 2.05) is 0 Å². The van der Waals surface area contributed by atoms with E-state index in [0.717, 1.165) is 12.1 Å². The highest BCUT2D eigenvalue weighted by Crippen LogP contribution is 2.22. The molecule has 0 atom stereocenters. The van der Waals surface area contributed by atoms with E-state index >= 15 is 0 Å². The largest absolute Gasteiger partial charge is 0.334 e. The molecular formula is C13H7F2N3O. The average molecular weight is 259 g/mol. The molecule has 0 amide bonds. The molecule has 19 heavy (non-hydrogen) atoms. The molecule has 0 N–H and O–H groups in total. The highest BCUT2D eigenvalue weighted by molar-refractivity contribution is 5.59. The van der Waals surface area contributed by atoms with Crippen LogP contribution in [0.1, 0.15) is 0 Å². The van der Waals surface area contributed by atoms with Crippen molar-refractivity contribution in [2.24, 2.45) is 0 Å². The van der Waals surface area contributed by atoms with Crippen LogP contribution in [-0.2, 0) is 0 Å². The molecule has 0 unspecified atom stereocenters. The topological polar surface area (TPSA) is 51.8 Å². The molecule has 3 aromatic rings. The summed E-state index contributed by atoms with van der Waals surface area (Å²) in [5.41, 5.74) is 1.00. The summed E-state index contributed by atoms with van der Waals surface area (Å²) in [6.45, 7) is 0. The number of hydrogen-bond acceptors (Lipinski definition) is 4. The van der Waals surface area contributed by atoms with Gasteiger partial charge in [-0.25, -0.2) is 8.78 Å². The van der Waals surface area contributed by atoms with Gasteiger partial charge >= 0.3 is 0 Å². The van der Waals surface area contributed by atoms with Crippen LogP contribution in [0.25, 0.3) is 22.8 Å². The molecule has 2 heterocycles. The minimum atomic E-state index is -0.953. The predicted octanol–water partition coefficient (Wildman–Crippen LogP) is 3.08. The molecule has 0 aliphatic heterocycles. The third-order valence-electron chi connectivity index (χ3n) is 2.51. The summed E-state index contributed by atoms with van der Waals surface area (Å²) in [5.74, 6) is -1.41. The van der Waals surface area contributed by atoms with Crippen LogP contribution in [0, 0.1) is 11.6 Å². The van der Waals surface area contributed by atoms with Crippen molar-refractivity contribution in [1.82, 2.24) is 15.1 Å². The van der Waals surface area contributed by atoms with Crippen LogP contribution in [0.2, 0.25) is 0 Å². The van der Waals surface area contributed by atoms with E-state index in [-0.39, 0.29) is 11.7 Å². The van der Waals surface area contributed by atoms with Crippen molar-refractivity contribution in [3.63, 3.8) is 0 Å². The molecule has 4 nitrogen and oxygen atoms in total. The molecule has 0 fully saturated rings. The van der Waals surface area contributed by atoms with Gasteiger partial charge in [0, 0.05) is 18.0 Å². The molecule has 0 saturated heterocycles. The maximum atomic E-state index is 13.1. The number of halogens is 2. The summed E-state index contributed by atoms with van der Waals surface area (Å²) >= 11 is 0. The summed E-state index contributed by atoms with van der Waals surface area (Å²) in [6, 6.07) is 6.92. The Bertz CT molecular complexity index is 713. The molecule has 2 aromatic heterocycles. The average Bonchev–Trinajstić information content (AvgIpc) is 2.93. The van der Waals surface area contributed by atoms with Crippen molar-refractivity contribution in [3.05, 3.63) is 54.4 Å². The SMILES string of the molecule is Fc1ccc(-c2noc(-c3cccnc3)n2)cc1F. The monoisotopic (exact) mass is 259 g/mol. The van der Waals surface area contributed by atoms with E-state index < -0.39 is 11.6 Å². The first kappa shape index (κ1) is 11.5. The Morgan fingerprint density at radius 3 is 2.63 bits per heavy atom. The third kappa shape index (κ3) is 2.20. The molecule has 6 heteroatoms. The van der Waals surface area contributed by atoms with Crippen molar-refractivity contribution < 1.29 is 13.3 Å². The van der Waals surface area contributed by atoms with E-state index in [4.69, 9.17) is 4.52 Å². The molecule has 94 valence electrons. The number of rotatable bonds is 2. The van der Waals surface area contributed by atoms with Gasteiger partial charge in [0.05, 0.1) is 5.56 Å². The lowest BCUT2D eigenvalue weighted by molar-refractivity contribution is 0.432. The zero-order chi connectivity index (χ0) is 13.2. The number of hydrogen-bond donors (Lipinski definition) is 0. The van der Waals surface area contributed by atoms with Gasteiger partial charge in [0.15, 0.2) is 11.6 Å². The molecule has 0 aliphatic carbocycles. The quantitative estimate of drug-likeness (QED) is 0.709. The van der Waals surface area contributed by atoms with Gasteiger partial charge < -0.3 is 4.52 Å². The van der Waals surface area contributed by atoms with Crippen LogP contribution in [0.15, 0.2) is 47.2 Å². The molecule has 0 aliphatic rings. The van der Waals surface area contributed by atoms with E-state index in [9.17, 15) is 8.78 Å². The minimum absolute atomic E-state index is 0.192. The van der Waals surface area contributed by atoms with Gasteiger partial charge in [-0.15, -0.1) is 0 Å². The third-order valence-corrected chi connectivity index (χ3v) is 2.51. The first-order valence-corrected chi connectivity index (χ1v) is 5.43. The van der Waals surface area contributed by atoms with Crippen LogP contribution in [0.4, 0.5) is 8.78 Å². The molecular weight excluding hydrogens is 252 g/mol. The maximum absolute atomic E-state index is 13.1. The van der Waals surface area contributed by atoms with Crippen LogP contribution < -0.4 is 0 Å². The van der Waals surface area contributed by atoms with Crippen molar-refractivity contribution in [3.8, 4) is 22.8 Å². The Morgan fingerprint density at radius 2 is 1.89 bits per heavy atom. The molecule has 0 saturated carbocycles. The lowest BCUT2D eigenvalue weighted by atomic mass is 10.2. The fraction of sp³-hybridized carbons (Fsp3) is 0. The first-order chi connectivity index (χ1) is 9.24. The number of pyridine rings is 1. The molecule has 0 spiro atoms. The Labute approximate surface area is 106 Å². The molecule has 0 bridgehead atoms. The summed E-state index contributed by atoms with van der Waals surface area (Å²) in [4.78, 5) is 8.05.